The average Bonchev–Trinajstić information content (AvgIpc) is 3.21. The monoisotopic (exact) mass is 877 g/mol. The number of aliphatic hydroxyl groups excluding tert-OH is 3. The summed E-state index contributed by atoms with van der Waals surface area (Å²) in [5, 5.41) is 30.9. The molecule has 1 rings (SSSR count). The first-order valence-electron chi connectivity index (χ1n) is 24.2. The van der Waals surface area contributed by atoms with Crippen LogP contribution in [0, 0.1) is 0 Å². The Balaban J connectivity index is 2.40. The molecule has 1 aliphatic heterocycles. The zero-order valence-corrected chi connectivity index (χ0v) is 38.6. The average molecular weight is 877 g/mol. The van der Waals surface area contributed by atoms with Gasteiger partial charge in [0.05, 0.1) is 6.61 Å². The molecule has 0 spiro atoms. The molecule has 0 bridgehead atoms. The van der Waals surface area contributed by atoms with Gasteiger partial charge in [0.25, 0.3) is 10.1 Å². The maximum absolute atomic E-state index is 12.8. The van der Waals surface area contributed by atoms with Crippen LogP contribution >= 0.6 is 0 Å². The van der Waals surface area contributed by atoms with Crippen molar-refractivity contribution in [2.45, 2.75) is 256 Å². The number of ether oxygens (including phenoxy) is 4. The van der Waals surface area contributed by atoms with Gasteiger partial charge in [0, 0.05) is 12.8 Å². The molecule has 0 amide bonds. The summed E-state index contributed by atoms with van der Waals surface area (Å²) in [5.41, 5.74) is 0. The van der Waals surface area contributed by atoms with Crippen LogP contribution in [0.4, 0.5) is 0 Å². The smallest absolute Gasteiger partial charge is 0.306 e. The molecule has 0 radical (unpaired) electrons. The summed E-state index contributed by atoms with van der Waals surface area (Å²) in [4.78, 5) is 25.4. The van der Waals surface area contributed by atoms with Gasteiger partial charge in [-0.25, -0.2) is 0 Å². The lowest BCUT2D eigenvalue weighted by Gasteiger charge is -2.40. The molecule has 12 nitrogen and oxygen atoms in total. The summed E-state index contributed by atoms with van der Waals surface area (Å²) in [6, 6.07) is 0. The van der Waals surface area contributed by atoms with Gasteiger partial charge in [0.2, 0.25) is 0 Å². The summed E-state index contributed by atoms with van der Waals surface area (Å²) in [6.45, 7) is 3.77. The number of allylic oxidation sites excluding steroid dienone is 2. The maximum atomic E-state index is 12.8. The SMILES string of the molecule is CCCCCCC/C=C/CCCCCCCC(=O)OC[C@H](CO[C@H]1O[C@H](CS(=O)(=O)O)[C@@H](O)C(O)C1O)OC(=O)CCCCCCCCCCCCCCCCCCCC. The van der Waals surface area contributed by atoms with E-state index in [1.54, 1.807) is 0 Å². The van der Waals surface area contributed by atoms with E-state index in [2.05, 4.69) is 26.0 Å². The van der Waals surface area contributed by atoms with Crippen LogP contribution in [-0.2, 0) is 38.7 Å². The third-order valence-corrected chi connectivity index (χ3v) is 12.1. The van der Waals surface area contributed by atoms with Crippen molar-refractivity contribution < 1.29 is 56.8 Å². The van der Waals surface area contributed by atoms with E-state index in [0.717, 1.165) is 57.8 Å². The predicted octanol–water partition coefficient (Wildman–Crippen LogP) is 10.2. The van der Waals surface area contributed by atoms with Gasteiger partial charge in [-0.2, -0.15) is 8.42 Å². The van der Waals surface area contributed by atoms with E-state index >= 15 is 0 Å². The molecule has 0 saturated carbocycles. The molecule has 13 heteroatoms. The summed E-state index contributed by atoms with van der Waals surface area (Å²) >= 11 is 0. The summed E-state index contributed by atoms with van der Waals surface area (Å²) in [6.07, 6.45) is 31.1. The highest BCUT2D eigenvalue weighted by molar-refractivity contribution is 7.85. The van der Waals surface area contributed by atoms with Crippen molar-refractivity contribution in [3.05, 3.63) is 12.2 Å². The van der Waals surface area contributed by atoms with Crippen LogP contribution in [0.2, 0.25) is 0 Å². The molecule has 354 valence electrons. The Morgan fingerprint density at radius 2 is 0.950 bits per heavy atom. The third-order valence-electron chi connectivity index (χ3n) is 11.3. The van der Waals surface area contributed by atoms with Gasteiger partial charge >= 0.3 is 11.9 Å². The Bertz CT molecular complexity index is 1170. The van der Waals surface area contributed by atoms with Gasteiger partial charge in [-0.1, -0.05) is 180 Å². The van der Waals surface area contributed by atoms with Gasteiger partial charge in [-0.3, -0.25) is 14.1 Å². The minimum atomic E-state index is -4.60. The van der Waals surface area contributed by atoms with Crippen LogP contribution in [0.1, 0.15) is 219 Å². The molecule has 0 aromatic carbocycles. The van der Waals surface area contributed by atoms with Crippen molar-refractivity contribution in [2.75, 3.05) is 19.0 Å². The molecule has 2 unspecified atom stereocenters. The zero-order chi connectivity index (χ0) is 44.1. The lowest BCUT2D eigenvalue weighted by Crippen LogP contribution is -2.60. The van der Waals surface area contributed by atoms with Crippen molar-refractivity contribution in [1.29, 1.82) is 0 Å². The molecule has 4 N–H and O–H groups in total. The number of esters is 2. The summed E-state index contributed by atoms with van der Waals surface area (Å²) in [5.74, 6) is -1.98. The molecule has 1 aliphatic rings. The van der Waals surface area contributed by atoms with Crippen LogP contribution in [0.15, 0.2) is 12.2 Å². The first-order chi connectivity index (χ1) is 29.0. The number of aliphatic hydroxyl groups is 3. The largest absolute Gasteiger partial charge is 0.462 e. The Morgan fingerprint density at radius 3 is 1.38 bits per heavy atom. The van der Waals surface area contributed by atoms with Crippen LogP contribution in [0.5, 0.6) is 0 Å². The minimum Gasteiger partial charge on any atom is -0.462 e. The second kappa shape index (κ2) is 37.9. The first-order valence-corrected chi connectivity index (χ1v) is 25.9. The topological polar surface area (TPSA) is 186 Å². The molecular weight excluding hydrogens is 789 g/mol. The highest BCUT2D eigenvalue weighted by atomic mass is 32.2. The summed E-state index contributed by atoms with van der Waals surface area (Å²) in [7, 11) is -4.60. The Morgan fingerprint density at radius 1 is 0.550 bits per heavy atom. The van der Waals surface area contributed by atoms with E-state index in [0.29, 0.717) is 12.8 Å². The maximum Gasteiger partial charge on any atom is 0.306 e. The number of rotatable bonds is 41. The number of unbranched alkanes of at least 4 members (excludes halogenated alkanes) is 27. The lowest BCUT2D eigenvalue weighted by molar-refractivity contribution is -0.297. The van der Waals surface area contributed by atoms with E-state index in [1.807, 2.05) is 0 Å². The lowest BCUT2D eigenvalue weighted by atomic mass is 10.00. The molecule has 6 atom stereocenters. The van der Waals surface area contributed by atoms with Crippen molar-refractivity contribution >= 4 is 22.1 Å². The summed E-state index contributed by atoms with van der Waals surface area (Å²) < 4.78 is 54.1. The molecule has 0 aromatic heterocycles. The standard InChI is InChI=1S/C47H88O12S/c1-3-5-7-9-11-13-15-17-19-20-21-22-24-26-28-30-32-34-36-43(49)58-40(38-57-47-46(52)45(51)44(50)41(59-47)39-60(53,54)55)37-56-42(48)35-33-31-29-27-25-23-18-16-14-12-10-8-6-4-2/h16,18,40-41,44-47,50-52H,3-15,17,19-39H2,1-2H3,(H,53,54,55)/b18-16+/t40-,41-,44-,45?,46?,47+/m1/s1. The molecule has 1 fully saturated rings. The van der Waals surface area contributed by atoms with Gasteiger partial charge in [0.1, 0.15) is 36.8 Å². The van der Waals surface area contributed by atoms with E-state index in [1.165, 1.54) is 122 Å². The second-order valence-corrected chi connectivity index (χ2v) is 18.6. The Kier molecular flexibility index (Phi) is 35.6. The second-order valence-electron chi connectivity index (χ2n) is 17.1. The predicted molar refractivity (Wildman–Crippen MR) is 238 cm³/mol. The fourth-order valence-corrected chi connectivity index (χ4v) is 8.25. The van der Waals surface area contributed by atoms with Gasteiger partial charge in [-0.05, 0) is 38.5 Å². The Labute approximate surface area is 365 Å². The number of hydrogen-bond donors (Lipinski definition) is 4. The molecular formula is C47H88O12S. The number of carbonyl (C=O) groups is 2. The van der Waals surface area contributed by atoms with E-state index in [4.69, 9.17) is 18.9 Å². The molecule has 0 aromatic rings. The van der Waals surface area contributed by atoms with Crippen molar-refractivity contribution in [3.8, 4) is 0 Å². The molecule has 1 saturated heterocycles. The van der Waals surface area contributed by atoms with Crippen molar-refractivity contribution in [3.63, 3.8) is 0 Å². The van der Waals surface area contributed by atoms with Gasteiger partial charge in [-0.15, -0.1) is 0 Å². The Hall–Kier alpha value is -1.61. The van der Waals surface area contributed by atoms with Crippen molar-refractivity contribution in [1.82, 2.24) is 0 Å². The zero-order valence-electron chi connectivity index (χ0n) is 37.8. The highest BCUT2D eigenvalue weighted by Crippen LogP contribution is 2.24. The van der Waals surface area contributed by atoms with Crippen LogP contribution in [0.25, 0.3) is 0 Å². The number of hydrogen-bond acceptors (Lipinski definition) is 11. The van der Waals surface area contributed by atoms with E-state index < -0.39 is 71.2 Å². The normalized spacial score (nSPS) is 20.1. The van der Waals surface area contributed by atoms with E-state index in [9.17, 15) is 37.9 Å². The highest BCUT2D eigenvalue weighted by Gasteiger charge is 2.46. The first kappa shape index (κ1) is 56.4. The molecule has 1 heterocycles. The quantitative estimate of drug-likeness (QED) is 0.0197. The van der Waals surface area contributed by atoms with Crippen LogP contribution in [0.3, 0.4) is 0 Å². The van der Waals surface area contributed by atoms with Crippen LogP contribution < -0.4 is 0 Å². The van der Waals surface area contributed by atoms with Gasteiger partial charge in [0.15, 0.2) is 12.4 Å². The molecule has 0 aliphatic carbocycles. The van der Waals surface area contributed by atoms with E-state index in [-0.39, 0.29) is 19.4 Å². The van der Waals surface area contributed by atoms with Gasteiger partial charge < -0.3 is 34.3 Å². The van der Waals surface area contributed by atoms with Crippen LogP contribution in [-0.4, -0.2) is 96.0 Å². The fraction of sp³-hybridized carbons (Fsp3) is 0.915. The minimum absolute atomic E-state index is 0.169. The number of carbonyl (C=O) groups excluding carboxylic acids is 2. The fourth-order valence-electron chi connectivity index (χ4n) is 7.56. The van der Waals surface area contributed by atoms with Crippen molar-refractivity contribution in [2.24, 2.45) is 0 Å². The third kappa shape index (κ3) is 32.1. The molecule has 60 heavy (non-hydrogen) atoms.